The second kappa shape index (κ2) is 10.7. The van der Waals surface area contributed by atoms with Gasteiger partial charge in [0.15, 0.2) is 5.60 Å². The summed E-state index contributed by atoms with van der Waals surface area (Å²) in [6.07, 6.45) is 6.43. The van der Waals surface area contributed by atoms with Crippen molar-refractivity contribution < 1.29 is 5.11 Å². The molecule has 0 amide bonds. The third-order valence-corrected chi connectivity index (χ3v) is 7.95. The normalized spacial score (nSPS) is 12.9. The van der Waals surface area contributed by atoms with Crippen LogP contribution in [0.25, 0.3) is 22.0 Å². The van der Waals surface area contributed by atoms with Gasteiger partial charge in [-0.25, -0.2) is 9.97 Å². The predicted molar refractivity (Wildman–Crippen MR) is 166 cm³/mol. The van der Waals surface area contributed by atoms with E-state index in [2.05, 4.69) is 83.6 Å². The summed E-state index contributed by atoms with van der Waals surface area (Å²) in [5.41, 5.74) is 7.49. The van der Waals surface area contributed by atoms with E-state index in [-0.39, 0.29) is 0 Å². The molecule has 0 radical (unpaired) electrons. The summed E-state index contributed by atoms with van der Waals surface area (Å²) in [5.74, 6) is 0.830. The highest BCUT2D eigenvalue weighted by atomic mass is 16.3. The first-order valence-corrected chi connectivity index (χ1v) is 14.0. The lowest BCUT2D eigenvalue weighted by Crippen LogP contribution is -2.31. The first-order chi connectivity index (χ1) is 19.8. The van der Waals surface area contributed by atoms with Crippen LogP contribution in [0.15, 0.2) is 104 Å². The molecule has 0 bridgehead atoms. The zero-order valence-corrected chi connectivity index (χ0v) is 24.0. The van der Waals surface area contributed by atoms with Gasteiger partial charge < -0.3 is 19.6 Å². The van der Waals surface area contributed by atoms with Crippen LogP contribution in [0.3, 0.4) is 0 Å². The van der Waals surface area contributed by atoms with Gasteiger partial charge in [-0.05, 0) is 66.4 Å². The van der Waals surface area contributed by atoms with E-state index in [1.165, 1.54) is 11.3 Å². The van der Waals surface area contributed by atoms with Crippen molar-refractivity contribution in [2.24, 2.45) is 14.1 Å². The summed E-state index contributed by atoms with van der Waals surface area (Å²) < 4.78 is 4.02. The van der Waals surface area contributed by atoms with Gasteiger partial charge >= 0.3 is 0 Å². The van der Waals surface area contributed by atoms with Crippen LogP contribution in [-0.2, 0) is 26.1 Å². The van der Waals surface area contributed by atoms with Gasteiger partial charge in [-0.3, -0.25) is 0 Å². The maximum atomic E-state index is 12.5. The highest BCUT2D eigenvalue weighted by Gasteiger charge is 2.37. The predicted octanol–water partition coefficient (Wildman–Crippen LogP) is 6.53. The van der Waals surface area contributed by atoms with E-state index in [1.807, 2.05) is 54.9 Å². The van der Waals surface area contributed by atoms with E-state index in [1.54, 1.807) is 12.5 Å². The second-order valence-corrected chi connectivity index (χ2v) is 10.9. The van der Waals surface area contributed by atoms with Crippen LogP contribution < -0.4 is 5.32 Å². The first kappa shape index (κ1) is 26.5. The monoisotopic (exact) mass is 541 g/mol. The molecular formula is C35H35N5O. The molecule has 2 N–H and O–H groups in total. The summed E-state index contributed by atoms with van der Waals surface area (Å²) in [6.45, 7) is 4.93. The molecule has 0 fully saturated rings. The maximum Gasteiger partial charge on any atom is 0.156 e. The average Bonchev–Trinajstić information content (AvgIpc) is 3.60. The van der Waals surface area contributed by atoms with Crippen LogP contribution in [0.2, 0.25) is 0 Å². The lowest BCUT2D eigenvalue weighted by Gasteiger charge is -2.30. The number of aliphatic hydroxyl groups is 1. The number of aromatic nitrogens is 4. The molecule has 41 heavy (non-hydrogen) atoms. The molecule has 1 unspecified atom stereocenters. The van der Waals surface area contributed by atoms with Crippen molar-refractivity contribution in [3.8, 4) is 11.1 Å². The number of aryl methyl sites for hydroxylation is 4. The highest BCUT2D eigenvalue weighted by molar-refractivity contribution is 5.97. The Hall–Kier alpha value is -4.68. The minimum atomic E-state index is -1.40. The fraction of sp³-hybridized carbons (Fsp3) is 0.200. The number of fused-ring (bicyclic) bond motifs is 1. The molecule has 0 saturated carbocycles. The van der Waals surface area contributed by atoms with Gasteiger partial charge in [0.05, 0.1) is 23.7 Å². The van der Waals surface area contributed by atoms with Crippen LogP contribution in [0.5, 0.6) is 0 Å². The minimum Gasteiger partial charge on any atom is -0.374 e. The largest absolute Gasteiger partial charge is 0.374 e. The summed E-state index contributed by atoms with van der Waals surface area (Å²) in [6, 6.07) is 29.0. The van der Waals surface area contributed by atoms with Crippen molar-refractivity contribution in [2.75, 3.05) is 11.9 Å². The van der Waals surface area contributed by atoms with Crippen molar-refractivity contribution in [2.45, 2.75) is 25.9 Å². The van der Waals surface area contributed by atoms with E-state index < -0.39 is 5.60 Å². The molecule has 0 spiro atoms. The van der Waals surface area contributed by atoms with E-state index >= 15 is 0 Å². The van der Waals surface area contributed by atoms with Crippen LogP contribution in [0, 0.1) is 13.8 Å². The van der Waals surface area contributed by atoms with E-state index in [9.17, 15) is 5.11 Å². The van der Waals surface area contributed by atoms with Crippen molar-refractivity contribution in [3.63, 3.8) is 0 Å². The average molecular weight is 542 g/mol. The van der Waals surface area contributed by atoms with E-state index in [0.717, 1.165) is 57.5 Å². The summed E-state index contributed by atoms with van der Waals surface area (Å²) >= 11 is 0. The smallest absolute Gasteiger partial charge is 0.156 e. The van der Waals surface area contributed by atoms with Crippen molar-refractivity contribution >= 4 is 16.7 Å². The molecule has 0 aliphatic heterocycles. The van der Waals surface area contributed by atoms with E-state index in [0.29, 0.717) is 5.69 Å². The van der Waals surface area contributed by atoms with Gasteiger partial charge in [-0.15, -0.1) is 0 Å². The van der Waals surface area contributed by atoms with Crippen LogP contribution >= 0.6 is 0 Å². The Morgan fingerprint density at radius 2 is 1.63 bits per heavy atom. The lowest BCUT2D eigenvalue weighted by atomic mass is 9.82. The zero-order valence-electron chi connectivity index (χ0n) is 24.0. The number of benzene rings is 3. The van der Waals surface area contributed by atoms with Crippen molar-refractivity contribution in [3.05, 3.63) is 137 Å². The lowest BCUT2D eigenvalue weighted by molar-refractivity contribution is 0.117. The summed E-state index contributed by atoms with van der Waals surface area (Å²) in [4.78, 5) is 9.33. The number of rotatable bonds is 8. The molecule has 3 heterocycles. The zero-order chi connectivity index (χ0) is 28.6. The number of nitrogens with zero attached hydrogens (tertiary/aromatic N) is 4. The highest BCUT2D eigenvalue weighted by Crippen LogP contribution is 2.40. The number of nitrogens with one attached hydrogen (secondary N) is 1. The van der Waals surface area contributed by atoms with Crippen LogP contribution in [0.1, 0.15) is 33.6 Å². The maximum absolute atomic E-state index is 12.5. The van der Waals surface area contributed by atoms with Gasteiger partial charge in [-0.1, -0.05) is 65.7 Å². The molecule has 0 aliphatic rings. The van der Waals surface area contributed by atoms with Crippen LogP contribution in [-0.4, -0.2) is 30.8 Å². The Kier molecular flexibility index (Phi) is 6.93. The number of hydrogen-bond donors (Lipinski definition) is 2. The standard InChI is InChI=1S/C35H35N5O/c1-24-10-12-27(13-11-24)35(41,33-22-36-23-40(33)4)28-14-15-32-31(20-28)30(26-8-5-7-25(2)19-26)21-34(38-32)37-17-16-29-9-6-18-39(29)3/h5-15,18-23,41H,16-17H2,1-4H3,(H,37,38). The quantitative estimate of drug-likeness (QED) is 0.230. The molecule has 0 aliphatic carbocycles. The molecule has 6 heteroatoms. The molecule has 1 atom stereocenters. The molecule has 206 valence electrons. The number of imidazole rings is 1. The number of hydrogen-bond acceptors (Lipinski definition) is 4. The second-order valence-electron chi connectivity index (χ2n) is 10.9. The summed E-state index contributed by atoms with van der Waals surface area (Å²) in [7, 11) is 3.98. The Bertz CT molecular complexity index is 1830. The van der Waals surface area contributed by atoms with Crippen molar-refractivity contribution in [1.29, 1.82) is 0 Å². The van der Waals surface area contributed by atoms with Gasteiger partial charge in [0.2, 0.25) is 0 Å². The van der Waals surface area contributed by atoms with E-state index in [4.69, 9.17) is 4.98 Å². The molecule has 3 aromatic heterocycles. The molecule has 0 saturated heterocycles. The minimum absolute atomic E-state index is 0.699. The number of pyridine rings is 1. The third-order valence-electron chi connectivity index (χ3n) is 7.95. The fourth-order valence-electron chi connectivity index (χ4n) is 5.63. The first-order valence-electron chi connectivity index (χ1n) is 14.0. The molecule has 6 rings (SSSR count). The van der Waals surface area contributed by atoms with Gasteiger partial charge in [-0.2, -0.15) is 0 Å². The Morgan fingerprint density at radius 1 is 0.829 bits per heavy atom. The number of anilines is 1. The molecular weight excluding hydrogens is 506 g/mol. The Balaban J connectivity index is 1.49. The van der Waals surface area contributed by atoms with Gasteiger partial charge in [0.1, 0.15) is 5.82 Å². The fourth-order valence-corrected chi connectivity index (χ4v) is 5.63. The van der Waals surface area contributed by atoms with Crippen molar-refractivity contribution in [1.82, 2.24) is 19.1 Å². The van der Waals surface area contributed by atoms with Gasteiger partial charge in [0.25, 0.3) is 0 Å². The third kappa shape index (κ3) is 5.03. The molecule has 6 aromatic rings. The van der Waals surface area contributed by atoms with Crippen LogP contribution in [0.4, 0.5) is 5.82 Å². The Morgan fingerprint density at radius 3 is 2.34 bits per heavy atom. The topological polar surface area (TPSA) is 67.9 Å². The summed E-state index contributed by atoms with van der Waals surface area (Å²) in [5, 5.41) is 17.1. The molecule has 6 nitrogen and oxygen atoms in total. The SMILES string of the molecule is Cc1ccc(C(O)(c2ccc3nc(NCCc4cccn4C)cc(-c4cccc(C)c4)c3c2)c2cncn2C)cc1. The Labute approximate surface area is 241 Å². The van der Waals surface area contributed by atoms with Gasteiger partial charge in [0, 0.05) is 44.3 Å². The molecule has 3 aromatic carbocycles.